The summed E-state index contributed by atoms with van der Waals surface area (Å²) in [6.45, 7) is 3.86. The molecule has 0 aliphatic carbocycles. The van der Waals surface area contributed by atoms with Crippen molar-refractivity contribution in [3.63, 3.8) is 0 Å². The van der Waals surface area contributed by atoms with Gasteiger partial charge in [0, 0.05) is 26.1 Å². The van der Waals surface area contributed by atoms with Crippen LogP contribution < -0.4 is 5.32 Å². The summed E-state index contributed by atoms with van der Waals surface area (Å²) in [6, 6.07) is 7.75. The Balaban J connectivity index is 1.57. The second kappa shape index (κ2) is 7.79. The van der Waals surface area contributed by atoms with Crippen LogP contribution in [0.1, 0.15) is 43.2 Å². The lowest BCUT2D eigenvalue weighted by molar-refractivity contribution is -0.136. The molecule has 2 aliphatic rings. The van der Waals surface area contributed by atoms with Crippen molar-refractivity contribution in [3.8, 4) is 0 Å². The summed E-state index contributed by atoms with van der Waals surface area (Å²) in [5.41, 5.74) is 2.25. The van der Waals surface area contributed by atoms with Crippen LogP contribution in [0, 0.1) is 6.92 Å². The Hall–Kier alpha value is -1.88. The van der Waals surface area contributed by atoms with Gasteiger partial charge in [-0.25, -0.2) is 0 Å². The van der Waals surface area contributed by atoms with Crippen molar-refractivity contribution in [2.45, 2.75) is 57.7 Å². The Morgan fingerprint density at radius 2 is 2.04 bits per heavy atom. The first-order chi connectivity index (χ1) is 11.6. The molecule has 2 atom stereocenters. The van der Waals surface area contributed by atoms with E-state index in [2.05, 4.69) is 5.32 Å². The van der Waals surface area contributed by atoms with Gasteiger partial charge in [-0.1, -0.05) is 29.8 Å². The monoisotopic (exact) mass is 330 g/mol. The predicted octanol–water partition coefficient (Wildman–Crippen LogP) is 2.17. The SMILES string of the molecule is Cc1ccc(CN2C(=O)CCC2C(=O)NCC2CCCCO2)cc1. The first-order valence-corrected chi connectivity index (χ1v) is 8.88. The van der Waals surface area contributed by atoms with Crippen molar-refractivity contribution in [2.24, 2.45) is 0 Å². The highest BCUT2D eigenvalue weighted by Gasteiger charge is 2.36. The zero-order valence-corrected chi connectivity index (χ0v) is 14.3. The number of nitrogens with zero attached hydrogens (tertiary/aromatic N) is 1. The van der Waals surface area contributed by atoms with Crippen LogP contribution in [-0.2, 0) is 20.9 Å². The molecular formula is C19H26N2O3. The molecule has 0 bridgehead atoms. The van der Waals surface area contributed by atoms with Crippen LogP contribution in [0.3, 0.4) is 0 Å². The third-order valence-electron chi connectivity index (χ3n) is 4.88. The molecule has 3 rings (SSSR count). The van der Waals surface area contributed by atoms with E-state index in [-0.39, 0.29) is 24.0 Å². The fourth-order valence-corrected chi connectivity index (χ4v) is 3.40. The molecule has 0 saturated carbocycles. The summed E-state index contributed by atoms with van der Waals surface area (Å²) >= 11 is 0. The molecule has 2 aliphatic heterocycles. The fraction of sp³-hybridized carbons (Fsp3) is 0.579. The molecule has 5 nitrogen and oxygen atoms in total. The largest absolute Gasteiger partial charge is 0.376 e. The maximum Gasteiger partial charge on any atom is 0.242 e. The van der Waals surface area contributed by atoms with E-state index < -0.39 is 0 Å². The molecule has 0 spiro atoms. The number of benzene rings is 1. The Morgan fingerprint density at radius 1 is 1.25 bits per heavy atom. The molecule has 0 radical (unpaired) electrons. The number of ether oxygens (including phenoxy) is 1. The number of aryl methyl sites for hydroxylation is 1. The van der Waals surface area contributed by atoms with Crippen molar-refractivity contribution < 1.29 is 14.3 Å². The number of amides is 2. The van der Waals surface area contributed by atoms with E-state index in [1.807, 2.05) is 31.2 Å². The van der Waals surface area contributed by atoms with Gasteiger partial charge in [-0.05, 0) is 38.2 Å². The van der Waals surface area contributed by atoms with Gasteiger partial charge < -0.3 is 15.0 Å². The second-order valence-electron chi connectivity index (χ2n) is 6.80. The van der Waals surface area contributed by atoms with Crippen LogP contribution in [0.5, 0.6) is 0 Å². The third kappa shape index (κ3) is 4.15. The first-order valence-electron chi connectivity index (χ1n) is 8.88. The number of carbonyl (C=O) groups excluding carboxylic acids is 2. The molecule has 2 fully saturated rings. The van der Waals surface area contributed by atoms with E-state index in [0.717, 1.165) is 31.4 Å². The van der Waals surface area contributed by atoms with Crippen molar-refractivity contribution in [1.82, 2.24) is 10.2 Å². The Bertz CT molecular complexity index is 579. The summed E-state index contributed by atoms with van der Waals surface area (Å²) in [5.74, 6) is 0.00627. The maximum atomic E-state index is 12.5. The van der Waals surface area contributed by atoms with Crippen molar-refractivity contribution in [1.29, 1.82) is 0 Å². The van der Waals surface area contributed by atoms with Crippen LogP contribution in [-0.4, -0.2) is 42.0 Å². The standard InChI is InChI=1S/C19H26N2O3/c1-14-5-7-15(8-6-14)13-21-17(9-10-18(21)22)19(23)20-12-16-4-2-3-11-24-16/h5-8,16-17H,2-4,9-13H2,1H3,(H,20,23). The molecule has 2 unspecified atom stereocenters. The minimum Gasteiger partial charge on any atom is -0.376 e. The average Bonchev–Trinajstić information content (AvgIpc) is 2.96. The Labute approximate surface area is 143 Å². The predicted molar refractivity (Wildman–Crippen MR) is 91.4 cm³/mol. The van der Waals surface area contributed by atoms with Crippen LogP contribution in [0.15, 0.2) is 24.3 Å². The van der Waals surface area contributed by atoms with Gasteiger partial charge in [-0.3, -0.25) is 9.59 Å². The molecule has 130 valence electrons. The number of rotatable bonds is 5. The van der Waals surface area contributed by atoms with Gasteiger partial charge in [0.2, 0.25) is 11.8 Å². The molecule has 24 heavy (non-hydrogen) atoms. The highest BCUT2D eigenvalue weighted by Crippen LogP contribution is 2.22. The molecular weight excluding hydrogens is 304 g/mol. The number of likely N-dealkylation sites (tertiary alicyclic amines) is 1. The third-order valence-corrected chi connectivity index (χ3v) is 4.88. The van der Waals surface area contributed by atoms with E-state index in [0.29, 0.717) is 25.9 Å². The van der Waals surface area contributed by atoms with Crippen molar-refractivity contribution >= 4 is 11.8 Å². The number of nitrogens with one attached hydrogen (secondary N) is 1. The zero-order chi connectivity index (χ0) is 16.9. The van der Waals surface area contributed by atoms with E-state index in [1.165, 1.54) is 5.56 Å². The lowest BCUT2D eigenvalue weighted by atomic mass is 10.1. The van der Waals surface area contributed by atoms with E-state index >= 15 is 0 Å². The molecule has 5 heteroatoms. The lowest BCUT2D eigenvalue weighted by Crippen LogP contribution is -2.46. The minimum absolute atomic E-state index is 0.0536. The highest BCUT2D eigenvalue weighted by molar-refractivity contribution is 5.90. The van der Waals surface area contributed by atoms with Crippen LogP contribution >= 0.6 is 0 Å². The van der Waals surface area contributed by atoms with Crippen LogP contribution in [0.4, 0.5) is 0 Å². The average molecular weight is 330 g/mol. The van der Waals surface area contributed by atoms with Crippen molar-refractivity contribution in [2.75, 3.05) is 13.2 Å². The molecule has 1 aromatic rings. The quantitative estimate of drug-likeness (QED) is 0.900. The lowest BCUT2D eigenvalue weighted by Gasteiger charge is -2.26. The van der Waals surface area contributed by atoms with Gasteiger partial charge >= 0.3 is 0 Å². The summed E-state index contributed by atoms with van der Waals surface area (Å²) in [4.78, 5) is 26.4. The van der Waals surface area contributed by atoms with Gasteiger partial charge in [-0.2, -0.15) is 0 Å². The molecule has 2 heterocycles. The topological polar surface area (TPSA) is 58.6 Å². The normalized spacial score (nSPS) is 24.2. The maximum absolute atomic E-state index is 12.5. The van der Waals surface area contributed by atoms with Gasteiger partial charge in [0.15, 0.2) is 0 Å². The number of hydrogen-bond acceptors (Lipinski definition) is 3. The first kappa shape index (κ1) is 17.0. The van der Waals surface area contributed by atoms with Crippen LogP contribution in [0.2, 0.25) is 0 Å². The highest BCUT2D eigenvalue weighted by atomic mass is 16.5. The molecule has 2 saturated heterocycles. The Morgan fingerprint density at radius 3 is 2.75 bits per heavy atom. The van der Waals surface area contributed by atoms with E-state index in [4.69, 9.17) is 4.74 Å². The number of hydrogen-bond donors (Lipinski definition) is 1. The van der Waals surface area contributed by atoms with Crippen molar-refractivity contribution in [3.05, 3.63) is 35.4 Å². The van der Waals surface area contributed by atoms with Gasteiger partial charge in [0.05, 0.1) is 6.10 Å². The van der Waals surface area contributed by atoms with E-state index in [9.17, 15) is 9.59 Å². The van der Waals surface area contributed by atoms with Gasteiger partial charge in [0.25, 0.3) is 0 Å². The minimum atomic E-state index is -0.359. The molecule has 1 aromatic carbocycles. The second-order valence-corrected chi connectivity index (χ2v) is 6.80. The molecule has 0 aromatic heterocycles. The molecule has 2 amide bonds. The summed E-state index contributed by atoms with van der Waals surface area (Å²) in [7, 11) is 0. The van der Waals surface area contributed by atoms with Crippen LogP contribution in [0.25, 0.3) is 0 Å². The van der Waals surface area contributed by atoms with Gasteiger partial charge in [-0.15, -0.1) is 0 Å². The summed E-state index contributed by atoms with van der Waals surface area (Å²) in [6.07, 6.45) is 4.42. The smallest absolute Gasteiger partial charge is 0.242 e. The zero-order valence-electron chi connectivity index (χ0n) is 14.3. The fourth-order valence-electron chi connectivity index (χ4n) is 3.40. The summed E-state index contributed by atoms with van der Waals surface area (Å²) < 4.78 is 5.65. The number of carbonyl (C=O) groups is 2. The summed E-state index contributed by atoms with van der Waals surface area (Å²) in [5, 5.41) is 2.98. The van der Waals surface area contributed by atoms with E-state index in [1.54, 1.807) is 4.90 Å². The van der Waals surface area contributed by atoms with Gasteiger partial charge in [0.1, 0.15) is 6.04 Å². The molecule has 1 N–H and O–H groups in total. The Kier molecular flexibility index (Phi) is 5.51.